The quantitative estimate of drug-likeness (QED) is 0.724. The minimum atomic E-state index is -3.01. The Hall–Kier alpha value is -2.87. The molecule has 0 saturated carbocycles. The maximum Gasteiger partial charge on any atom is 0.321 e. The van der Waals surface area contributed by atoms with Crippen molar-refractivity contribution < 1.29 is 13.2 Å². The maximum atomic E-state index is 12.4. The fourth-order valence-corrected chi connectivity index (χ4v) is 4.21. The molecular weight excluding hydrogens is 352 g/mol. The smallest absolute Gasteiger partial charge is 0.321 e. The number of benzene rings is 2. The molecule has 26 heavy (non-hydrogen) atoms. The van der Waals surface area contributed by atoms with Gasteiger partial charge in [0, 0.05) is 24.2 Å². The zero-order valence-electron chi connectivity index (χ0n) is 14.0. The summed E-state index contributed by atoms with van der Waals surface area (Å²) in [7, 11) is -3.01. The summed E-state index contributed by atoms with van der Waals surface area (Å²) in [5, 5.41) is 10.9. The number of carbonyl (C=O) groups excluding carboxylic acids is 1. The molecule has 0 aliphatic carbocycles. The molecule has 134 valence electrons. The zero-order chi connectivity index (χ0) is 18.1. The van der Waals surface area contributed by atoms with Crippen LogP contribution in [-0.2, 0) is 9.84 Å². The molecule has 2 heterocycles. The highest BCUT2D eigenvalue weighted by Crippen LogP contribution is 2.25. The van der Waals surface area contributed by atoms with Crippen molar-refractivity contribution in [1.29, 1.82) is 0 Å². The minimum Gasteiger partial charge on any atom is -0.322 e. The van der Waals surface area contributed by atoms with Crippen molar-refractivity contribution in [2.75, 3.05) is 29.9 Å². The molecule has 2 amide bonds. The summed E-state index contributed by atoms with van der Waals surface area (Å²) in [5.41, 5.74) is 3.61. The number of aromatic amines is 1. The maximum absolute atomic E-state index is 12.4. The summed E-state index contributed by atoms with van der Waals surface area (Å²) < 4.78 is 23.0. The number of aromatic nitrogens is 2. The third-order valence-corrected chi connectivity index (χ3v) is 6.13. The highest BCUT2D eigenvalue weighted by molar-refractivity contribution is 7.91. The summed E-state index contributed by atoms with van der Waals surface area (Å²) in [6.07, 6.45) is 1.77. The Morgan fingerprint density at radius 3 is 2.65 bits per heavy atom. The van der Waals surface area contributed by atoms with E-state index < -0.39 is 9.84 Å². The van der Waals surface area contributed by atoms with Gasteiger partial charge >= 0.3 is 6.03 Å². The third kappa shape index (κ3) is 3.41. The van der Waals surface area contributed by atoms with Crippen LogP contribution in [0.5, 0.6) is 0 Å². The summed E-state index contributed by atoms with van der Waals surface area (Å²) in [5.74, 6) is 0.0370. The summed E-state index contributed by atoms with van der Waals surface area (Å²) in [4.78, 5) is 13.9. The predicted octanol–water partition coefficient (Wildman–Crippen LogP) is 2.49. The number of rotatable bonds is 2. The molecule has 8 heteroatoms. The van der Waals surface area contributed by atoms with Gasteiger partial charge in [-0.25, -0.2) is 13.2 Å². The predicted molar refractivity (Wildman–Crippen MR) is 101 cm³/mol. The van der Waals surface area contributed by atoms with Crippen molar-refractivity contribution in [3.63, 3.8) is 0 Å². The average molecular weight is 370 g/mol. The van der Waals surface area contributed by atoms with Crippen LogP contribution in [0, 0.1) is 0 Å². The van der Waals surface area contributed by atoms with Crippen LogP contribution in [-0.4, -0.2) is 54.1 Å². The van der Waals surface area contributed by atoms with Crippen LogP contribution < -0.4 is 5.32 Å². The molecule has 3 aromatic rings. The number of anilines is 1. The highest BCUT2D eigenvalue weighted by atomic mass is 32.2. The largest absolute Gasteiger partial charge is 0.322 e. The van der Waals surface area contributed by atoms with E-state index in [1.54, 1.807) is 6.20 Å². The number of H-pyrrole nitrogens is 1. The molecule has 1 fully saturated rings. The first-order valence-corrected chi connectivity index (χ1v) is 10.1. The molecular formula is C18H18N4O3S. The first-order valence-electron chi connectivity index (χ1n) is 8.30. The van der Waals surface area contributed by atoms with Gasteiger partial charge in [-0.1, -0.05) is 24.3 Å². The van der Waals surface area contributed by atoms with Gasteiger partial charge in [-0.2, -0.15) is 5.10 Å². The number of fused-ring (bicyclic) bond motifs is 1. The normalized spacial score (nSPS) is 16.5. The van der Waals surface area contributed by atoms with Gasteiger partial charge in [0.15, 0.2) is 9.84 Å². The molecule has 0 spiro atoms. The molecule has 7 nitrogen and oxygen atoms in total. The van der Waals surface area contributed by atoms with E-state index >= 15 is 0 Å². The van der Waals surface area contributed by atoms with E-state index in [0.717, 1.165) is 22.0 Å². The van der Waals surface area contributed by atoms with Crippen LogP contribution in [0.15, 0.2) is 48.7 Å². The van der Waals surface area contributed by atoms with Crippen LogP contribution in [0.1, 0.15) is 0 Å². The van der Waals surface area contributed by atoms with Gasteiger partial charge < -0.3 is 10.2 Å². The Balaban J connectivity index is 1.51. The minimum absolute atomic E-state index is 0.0185. The Morgan fingerprint density at radius 1 is 1.08 bits per heavy atom. The number of urea groups is 1. The number of nitrogens with one attached hydrogen (secondary N) is 2. The number of hydrogen-bond acceptors (Lipinski definition) is 4. The summed E-state index contributed by atoms with van der Waals surface area (Å²) in [6.45, 7) is 0.453. The Morgan fingerprint density at radius 2 is 1.85 bits per heavy atom. The second-order valence-electron chi connectivity index (χ2n) is 6.32. The molecule has 2 N–H and O–H groups in total. The number of nitrogens with zero attached hydrogens (tertiary/aromatic N) is 2. The topological polar surface area (TPSA) is 95.2 Å². The van der Waals surface area contributed by atoms with Gasteiger partial charge in [0.1, 0.15) is 0 Å². The molecule has 1 aromatic heterocycles. The summed E-state index contributed by atoms with van der Waals surface area (Å²) >= 11 is 0. The first kappa shape index (κ1) is 16.6. The van der Waals surface area contributed by atoms with E-state index in [1.807, 2.05) is 42.5 Å². The van der Waals surface area contributed by atoms with Crippen molar-refractivity contribution in [3.05, 3.63) is 48.7 Å². The lowest BCUT2D eigenvalue weighted by Gasteiger charge is -2.26. The van der Waals surface area contributed by atoms with Crippen molar-refractivity contribution in [3.8, 4) is 11.1 Å². The fourth-order valence-electron chi connectivity index (χ4n) is 3.01. The van der Waals surface area contributed by atoms with Gasteiger partial charge in [-0.05, 0) is 29.3 Å². The standard InChI is InChI=1S/C18H18N4O3S/c23-18(22-6-8-26(24,25)9-7-22)20-16-3-1-2-13(10-16)14-4-5-15-12-19-21-17(15)11-14/h1-5,10-12H,6-9H2,(H,19,21)(H,20,23). The monoisotopic (exact) mass is 370 g/mol. The van der Waals surface area contributed by atoms with Gasteiger partial charge in [0.2, 0.25) is 0 Å². The van der Waals surface area contributed by atoms with Crippen molar-refractivity contribution in [2.45, 2.75) is 0 Å². The molecule has 2 aromatic carbocycles. The molecule has 4 rings (SSSR count). The van der Waals surface area contributed by atoms with Gasteiger partial charge in [-0.15, -0.1) is 0 Å². The van der Waals surface area contributed by atoms with Gasteiger partial charge in [0.25, 0.3) is 0 Å². The SMILES string of the molecule is O=C(Nc1cccc(-c2ccc3cn[nH]c3c2)c1)N1CCS(=O)(=O)CC1. The van der Waals surface area contributed by atoms with E-state index in [1.165, 1.54) is 4.90 Å². The average Bonchev–Trinajstić information content (AvgIpc) is 3.09. The molecule has 0 radical (unpaired) electrons. The van der Waals surface area contributed by atoms with Gasteiger partial charge in [0.05, 0.1) is 23.2 Å². The van der Waals surface area contributed by atoms with E-state index in [0.29, 0.717) is 5.69 Å². The van der Waals surface area contributed by atoms with E-state index in [9.17, 15) is 13.2 Å². The van der Waals surface area contributed by atoms with Crippen molar-refractivity contribution in [2.24, 2.45) is 0 Å². The zero-order valence-corrected chi connectivity index (χ0v) is 14.8. The molecule has 1 aliphatic rings. The fraction of sp³-hybridized carbons (Fsp3) is 0.222. The first-order chi connectivity index (χ1) is 12.5. The van der Waals surface area contributed by atoms with E-state index in [4.69, 9.17) is 0 Å². The Kier molecular flexibility index (Phi) is 4.12. The van der Waals surface area contributed by atoms with E-state index in [2.05, 4.69) is 15.5 Å². The number of amides is 2. The molecule has 1 aliphatic heterocycles. The summed E-state index contributed by atoms with van der Waals surface area (Å²) in [6, 6.07) is 13.3. The van der Waals surface area contributed by atoms with Crippen LogP contribution in [0.3, 0.4) is 0 Å². The lowest BCUT2D eigenvalue weighted by molar-refractivity contribution is 0.216. The number of carbonyl (C=O) groups is 1. The van der Waals surface area contributed by atoms with Crippen molar-refractivity contribution >= 4 is 32.5 Å². The lowest BCUT2D eigenvalue weighted by atomic mass is 10.0. The second-order valence-corrected chi connectivity index (χ2v) is 8.63. The lowest BCUT2D eigenvalue weighted by Crippen LogP contribution is -2.45. The molecule has 0 bridgehead atoms. The van der Waals surface area contributed by atoms with Crippen LogP contribution in [0.4, 0.5) is 10.5 Å². The number of sulfone groups is 1. The second kappa shape index (κ2) is 6.45. The van der Waals surface area contributed by atoms with Crippen LogP contribution in [0.25, 0.3) is 22.0 Å². The molecule has 1 saturated heterocycles. The Bertz CT molecular complexity index is 1060. The van der Waals surface area contributed by atoms with Crippen LogP contribution in [0.2, 0.25) is 0 Å². The van der Waals surface area contributed by atoms with Crippen molar-refractivity contribution in [1.82, 2.24) is 15.1 Å². The number of hydrogen-bond donors (Lipinski definition) is 2. The Labute approximate surface area is 150 Å². The van der Waals surface area contributed by atoms with Gasteiger partial charge in [-0.3, -0.25) is 5.10 Å². The molecule has 0 unspecified atom stereocenters. The highest BCUT2D eigenvalue weighted by Gasteiger charge is 2.24. The third-order valence-electron chi connectivity index (χ3n) is 4.52. The van der Waals surface area contributed by atoms with Crippen LogP contribution >= 0.6 is 0 Å². The van der Waals surface area contributed by atoms with E-state index in [-0.39, 0.29) is 30.6 Å². The molecule has 0 atom stereocenters.